The van der Waals surface area contributed by atoms with Crippen LogP contribution in [0.5, 0.6) is 0 Å². The largest absolute Gasteiger partial charge is 0.312 e. The molecule has 1 aliphatic rings. The van der Waals surface area contributed by atoms with Crippen LogP contribution in [0.3, 0.4) is 0 Å². The van der Waals surface area contributed by atoms with Crippen LogP contribution in [-0.4, -0.2) is 36.6 Å². The fraction of sp³-hybridized carbons (Fsp3) is 1.00. The molecule has 0 bridgehead atoms. The van der Waals surface area contributed by atoms with Gasteiger partial charge < -0.3 is 5.32 Å². The fourth-order valence-corrected chi connectivity index (χ4v) is 2.54. The van der Waals surface area contributed by atoms with Gasteiger partial charge in [0.05, 0.1) is 0 Å². The molecule has 1 fully saturated rings. The van der Waals surface area contributed by atoms with E-state index in [4.69, 9.17) is 0 Å². The highest BCUT2D eigenvalue weighted by Crippen LogP contribution is 2.28. The van der Waals surface area contributed by atoms with Gasteiger partial charge >= 0.3 is 0 Å². The Morgan fingerprint density at radius 1 is 1.17 bits per heavy atom. The molecule has 1 N–H and O–H groups in total. The number of nitrogens with one attached hydrogen (secondary N) is 1. The lowest BCUT2D eigenvalue weighted by Gasteiger charge is -2.31. The van der Waals surface area contributed by atoms with E-state index in [1.54, 1.807) is 0 Å². The summed E-state index contributed by atoms with van der Waals surface area (Å²) in [6, 6.07) is 1.60. The first kappa shape index (κ1) is 16.0. The molecule has 1 rings (SSSR count). The second-order valence-corrected chi connectivity index (χ2v) is 6.03. The Hall–Kier alpha value is -0.0800. The highest BCUT2D eigenvalue weighted by Gasteiger charge is 2.30. The first-order valence-electron chi connectivity index (χ1n) is 8.20. The molecule has 108 valence electrons. The van der Waals surface area contributed by atoms with E-state index < -0.39 is 0 Å². The Labute approximate surface area is 115 Å². The summed E-state index contributed by atoms with van der Waals surface area (Å²) in [5.41, 5.74) is 0. The molecular weight excluding hydrogens is 220 g/mol. The van der Waals surface area contributed by atoms with E-state index in [9.17, 15) is 0 Å². The molecule has 2 unspecified atom stereocenters. The van der Waals surface area contributed by atoms with Crippen molar-refractivity contribution in [1.29, 1.82) is 0 Å². The van der Waals surface area contributed by atoms with Crippen LogP contribution in [0.25, 0.3) is 0 Å². The summed E-state index contributed by atoms with van der Waals surface area (Å²) >= 11 is 0. The van der Waals surface area contributed by atoms with Crippen molar-refractivity contribution in [1.82, 2.24) is 10.2 Å². The Morgan fingerprint density at radius 2 is 1.89 bits per heavy atom. The minimum Gasteiger partial charge on any atom is -0.312 e. The van der Waals surface area contributed by atoms with Gasteiger partial charge in [0.1, 0.15) is 0 Å². The maximum atomic E-state index is 3.77. The van der Waals surface area contributed by atoms with Crippen molar-refractivity contribution in [2.45, 2.75) is 78.3 Å². The third-order valence-corrected chi connectivity index (χ3v) is 4.28. The van der Waals surface area contributed by atoms with Crippen LogP contribution in [0.2, 0.25) is 0 Å². The zero-order valence-corrected chi connectivity index (χ0v) is 13.0. The molecule has 0 heterocycles. The van der Waals surface area contributed by atoms with Crippen LogP contribution < -0.4 is 5.32 Å². The third-order valence-electron chi connectivity index (χ3n) is 4.28. The first-order valence-corrected chi connectivity index (χ1v) is 8.20. The molecule has 0 radical (unpaired) electrons. The van der Waals surface area contributed by atoms with Gasteiger partial charge in [-0.15, -0.1) is 0 Å². The van der Waals surface area contributed by atoms with Crippen molar-refractivity contribution in [2.75, 3.05) is 19.6 Å². The molecule has 2 atom stereocenters. The lowest BCUT2D eigenvalue weighted by molar-refractivity contribution is 0.200. The van der Waals surface area contributed by atoms with E-state index in [1.165, 1.54) is 58.2 Å². The van der Waals surface area contributed by atoms with Crippen LogP contribution in [0.1, 0.15) is 66.2 Å². The van der Waals surface area contributed by atoms with Crippen LogP contribution in [0, 0.1) is 5.92 Å². The van der Waals surface area contributed by atoms with Gasteiger partial charge in [0, 0.05) is 18.6 Å². The van der Waals surface area contributed by atoms with E-state index in [0.717, 1.165) is 12.0 Å². The van der Waals surface area contributed by atoms with Gasteiger partial charge in [-0.25, -0.2) is 0 Å². The number of rotatable bonds is 11. The van der Waals surface area contributed by atoms with Gasteiger partial charge in [0.2, 0.25) is 0 Å². The Bertz CT molecular complexity index is 201. The second-order valence-electron chi connectivity index (χ2n) is 6.03. The summed E-state index contributed by atoms with van der Waals surface area (Å²) in [4.78, 5) is 2.75. The fourth-order valence-electron chi connectivity index (χ4n) is 2.54. The number of unbranched alkanes of at least 4 members (excludes halogenated alkanes) is 1. The highest BCUT2D eigenvalue weighted by atomic mass is 15.2. The van der Waals surface area contributed by atoms with Crippen LogP contribution in [0.15, 0.2) is 0 Å². The molecule has 0 aromatic heterocycles. The lowest BCUT2D eigenvalue weighted by Crippen LogP contribution is -2.46. The monoisotopic (exact) mass is 254 g/mol. The van der Waals surface area contributed by atoms with E-state index >= 15 is 0 Å². The van der Waals surface area contributed by atoms with E-state index in [-0.39, 0.29) is 0 Å². The predicted molar refractivity (Wildman–Crippen MR) is 81.0 cm³/mol. The molecule has 2 nitrogen and oxygen atoms in total. The quantitative estimate of drug-likeness (QED) is 0.605. The van der Waals surface area contributed by atoms with E-state index in [0.29, 0.717) is 6.04 Å². The van der Waals surface area contributed by atoms with Gasteiger partial charge in [-0.2, -0.15) is 0 Å². The normalized spacial score (nSPS) is 19.2. The average Bonchev–Trinajstić information content (AvgIpc) is 3.21. The highest BCUT2D eigenvalue weighted by molar-refractivity contribution is 4.88. The summed E-state index contributed by atoms with van der Waals surface area (Å²) in [5, 5.41) is 3.77. The van der Waals surface area contributed by atoms with Gasteiger partial charge in [0.25, 0.3) is 0 Å². The summed E-state index contributed by atoms with van der Waals surface area (Å²) in [7, 11) is 0. The minimum atomic E-state index is 0.687. The van der Waals surface area contributed by atoms with Crippen molar-refractivity contribution >= 4 is 0 Å². The van der Waals surface area contributed by atoms with E-state index in [1.807, 2.05) is 0 Å². The maximum Gasteiger partial charge on any atom is 0.0220 e. The van der Waals surface area contributed by atoms with Gasteiger partial charge in [-0.3, -0.25) is 4.90 Å². The molecule has 0 aromatic carbocycles. The van der Waals surface area contributed by atoms with E-state index in [2.05, 4.69) is 37.9 Å². The Morgan fingerprint density at radius 3 is 2.39 bits per heavy atom. The Kier molecular flexibility index (Phi) is 7.92. The van der Waals surface area contributed by atoms with Crippen LogP contribution >= 0.6 is 0 Å². The molecule has 2 heteroatoms. The topological polar surface area (TPSA) is 15.3 Å². The van der Waals surface area contributed by atoms with Crippen molar-refractivity contribution < 1.29 is 0 Å². The first-order chi connectivity index (χ1) is 8.72. The molecular formula is C16H34N2. The summed E-state index contributed by atoms with van der Waals surface area (Å²) in [6.07, 6.45) is 8.07. The predicted octanol–water partition coefficient (Wildman–Crippen LogP) is 3.67. The number of hydrogen-bond donors (Lipinski definition) is 1. The van der Waals surface area contributed by atoms with Gasteiger partial charge in [-0.1, -0.05) is 40.5 Å². The smallest absolute Gasteiger partial charge is 0.0220 e. The average molecular weight is 254 g/mol. The molecule has 0 saturated heterocycles. The molecule has 18 heavy (non-hydrogen) atoms. The van der Waals surface area contributed by atoms with Gasteiger partial charge in [-0.05, 0) is 44.7 Å². The van der Waals surface area contributed by atoms with Crippen molar-refractivity contribution in [3.05, 3.63) is 0 Å². The zero-order valence-electron chi connectivity index (χ0n) is 13.0. The van der Waals surface area contributed by atoms with Crippen molar-refractivity contribution in [2.24, 2.45) is 5.92 Å². The molecule has 0 aromatic rings. The second kappa shape index (κ2) is 8.92. The molecule has 1 saturated carbocycles. The summed E-state index contributed by atoms with van der Waals surface area (Å²) in [6.45, 7) is 13.0. The third kappa shape index (κ3) is 5.71. The van der Waals surface area contributed by atoms with Gasteiger partial charge in [0.15, 0.2) is 0 Å². The zero-order chi connectivity index (χ0) is 13.4. The lowest BCUT2D eigenvalue weighted by atomic mass is 9.98. The Balaban J connectivity index is 2.43. The number of hydrogen-bond acceptors (Lipinski definition) is 2. The number of nitrogens with zero attached hydrogens (tertiary/aromatic N) is 1. The molecule has 1 aliphatic carbocycles. The van der Waals surface area contributed by atoms with Crippen LogP contribution in [0.4, 0.5) is 0 Å². The maximum absolute atomic E-state index is 3.77. The van der Waals surface area contributed by atoms with Crippen molar-refractivity contribution in [3.8, 4) is 0 Å². The van der Waals surface area contributed by atoms with Crippen LogP contribution in [-0.2, 0) is 0 Å². The standard InChI is InChI=1S/C16H34N2/c1-5-8-12-18(15-9-10-15)13-16(14(4)7-3)17-11-6-2/h14-17H,5-13H2,1-4H3. The van der Waals surface area contributed by atoms with Crippen molar-refractivity contribution in [3.63, 3.8) is 0 Å². The summed E-state index contributed by atoms with van der Waals surface area (Å²) in [5.74, 6) is 0.791. The molecule has 0 amide bonds. The minimum absolute atomic E-state index is 0.687. The summed E-state index contributed by atoms with van der Waals surface area (Å²) < 4.78 is 0. The molecule has 0 aliphatic heterocycles. The SMILES string of the molecule is CCCCN(CC(NCCC)C(C)CC)C1CC1. The molecule has 0 spiro atoms.